The Morgan fingerprint density at radius 3 is 2.53 bits per heavy atom. The van der Waals surface area contributed by atoms with Crippen molar-refractivity contribution in [1.82, 2.24) is 5.32 Å². The van der Waals surface area contributed by atoms with Gasteiger partial charge in [0.05, 0.1) is 12.1 Å². The summed E-state index contributed by atoms with van der Waals surface area (Å²) in [5.41, 5.74) is 7.01. The summed E-state index contributed by atoms with van der Waals surface area (Å²) >= 11 is 0. The van der Waals surface area contributed by atoms with E-state index in [0.29, 0.717) is 6.42 Å². The summed E-state index contributed by atoms with van der Waals surface area (Å²) in [6, 6.07) is 9.42. The van der Waals surface area contributed by atoms with Crippen molar-refractivity contribution in [3.8, 4) is 0 Å². The first-order valence-corrected chi connectivity index (χ1v) is 6.76. The molecule has 0 saturated heterocycles. The summed E-state index contributed by atoms with van der Waals surface area (Å²) in [6.07, 6.45) is 0.862. The number of benzene rings is 1. The summed E-state index contributed by atoms with van der Waals surface area (Å²) < 4.78 is 0. The molecule has 106 valence electrons. The molecule has 1 aromatic carbocycles. The highest BCUT2D eigenvalue weighted by Crippen LogP contribution is 2.04. The molecule has 1 amide bonds. The molecule has 0 heterocycles. The van der Waals surface area contributed by atoms with Crippen LogP contribution in [0.25, 0.3) is 0 Å². The minimum atomic E-state index is -0.528. The monoisotopic (exact) mass is 264 g/mol. The highest BCUT2D eigenvalue weighted by molar-refractivity contribution is 5.81. The van der Waals surface area contributed by atoms with Crippen LogP contribution >= 0.6 is 0 Å². The van der Waals surface area contributed by atoms with E-state index in [1.165, 1.54) is 5.56 Å². The normalized spacial score (nSPS) is 14.2. The van der Waals surface area contributed by atoms with Crippen molar-refractivity contribution >= 4 is 5.91 Å². The first-order chi connectivity index (χ1) is 9.00. The average Bonchev–Trinajstić information content (AvgIpc) is 2.42. The lowest BCUT2D eigenvalue weighted by Crippen LogP contribution is -2.44. The van der Waals surface area contributed by atoms with Gasteiger partial charge < -0.3 is 16.2 Å². The molecule has 4 heteroatoms. The number of rotatable bonds is 7. The molecule has 0 radical (unpaired) electrons. The number of aliphatic hydroxyl groups is 1. The van der Waals surface area contributed by atoms with E-state index in [-0.39, 0.29) is 18.4 Å². The standard InChI is InChI=1S/C15H24N2O2/c1-11(2)14(18)10-17-15(19)13(16)9-8-12-6-4-3-5-7-12/h3-7,11,13-14,18H,8-10,16H2,1-2H3,(H,17,19). The molecule has 0 saturated carbocycles. The van der Waals surface area contributed by atoms with Crippen molar-refractivity contribution in [2.75, 3.05) is 6.54 Å². The van der Waals surface area contributed by atoms with E-state index in [4.69, 9.17) is 5.73 Å². The van der Waals surface area contributed by atoms with E-state index in [2.05, 4.69) is 5.32 Å². The Morgan fingerprint density at radius 2 is 1.95 bits per heavy atom. The first kappa shape index (κ1) is 15.7. The lowest BCUT2D eigenvalue weighted by Gasteiger charge is -2.17. The molecule has 1 rings (SSSR count). The number of amides is 1. The first-order valence-electron chi connectivity index (χ1n) is 6.76. The third-order valence-corrected chi connectivity index (χ3v) is 3.18. The number of hydrogen-bond acceptors (Lipinski definition) is 3. The van der Waals surface area contributed by atoms with E-state index in [0.717, 1.165) is 6.42 Å². The van der Waals surface area contributed by atoms with Crippen LogP contribution in [0.15, 0.2) is 30.3 Å². The van der Waals surface area contributed by atoms with Gasteiger partial charge >= 0.3 is 0 Å². The smallest absolute Gasteiger partial charge is 0.237 e. The van der Waals surface area contributed by atoms with Gasteiger partial charge in [-0.05, 0) is 24.3 Å². The van der Waals surface area contributed by atoms with Crippen LogP contribution in [-0.4, -0.2) is 29.7 Å². The van der Waals surface area contributed by atoms with E-state index < -0.39 is 12.1 Å². The van der Waals surface area contributed by atoms with Crippen LogP contribution in [0.2, 0.25) is 0 Å². The number of carbonyl (C=O) groups is 1. The van der Waals surface area contributed by atoms with Gasteiger partial charge in [0, 0.05) is 6.54 Å². The molecule has 2 unspecified atom stereocenters. The van der Waals surface area contributed by atoms with E-state index in [1.54, 1.807) is 0 Å². The highest BCUT2D eigenvalue weighted by Gasteiger charge is 2.15. The average molecular weight is 264 g/mol. The maximum Gasteiger partial charge on any atom is 0.237 e. The molecule has 0 aliphatic carbocycles. The molecule has 0 spiro atoms. The Hall–Kier alpha value is -1.39. The van der Waals surface area contributed by atoms with Gasteiger partial charge in [0.15, 0.2) is 0 Å². The van der Waals surface area contributed by atoms with Gasteiger partial charge in [0.25, 0.3) is 0 Å². The highest BCUT2D eigenvalue weighted by atomic mass is 16.3. The third kappa shape index (κ3) is 5.85. The number of aryl methyl sites for hydroxylation is 1. The Labute approximate surface area is 115 Å². The van der Waals surface area contributed by atoms with Crippen molar-refractivity contribution in [2.45, 2.75) is 38.8 Å². The fourth-order valence-electron chi connectivity index (χ4n) is 1.67. The molecule has 1 aromatic rings. The van der Waals surface area contributed by atoms with Crippen LogP contribution in [0.4, 0.5) is 0 Å². The van der Waals surface area contributed by atoms with Gasteiger partial charge in [-0.3, -0.25) is 4.79 Å². The Morgan fingerprint density at radius 1 is 1.32 bits per heavy atom. The molecule has 4 nitrogen and oxygen atoms in total. The summed E-state index contributed by atoms with van der Waals surface area (Å²) in [6.45, 7) is 4.08. The quantitative estimate of drug-likeness (QED) is 0.690. The van der Waals surface area contributed by atoms with E-state index in [1.807, 2.05) is 44.2 Å². The zero-order valence-electron chi connectivity index (χ0n) is 11.7. The van der Waals surface area contributed by atoms with Gasteiger partial charge in [-0.1, -0.05) is 44.2 Å². The van der Waals surface area contributed by atoms with Gasteiger partial charge in [0.1, 0.15) is 0 Å². The van der Waals surface area contributed by atoms with Crippen LogP contribution < -0.4 is 11.1 Å². The number of aliphatic hydroxyl groups excluding tert-OH is 1. The van der Waals surface area contributed by atoms with Gasteiger partial charge in [-0.15, -0.1) is 0 Å². The maximum absolute atomic E-state index is 11.7. The molecule has 2 atom stereocenters. The van der Waals surface area contributed by atoms with Crippen molar-refractivity contribution in [3.05, 3.63) is 35.9 Å². The Balaban J connectivity index is 2.29. The molecule has 0 bridgehead atoms. The fraction of sp³-hybridized carbons (Fsp3) is 0.533. The predicted molar refractivity (Wildman–Crippen MR) is 76.6 cm³/mol. The second kappa shape index (κ2) is 7.92. The minimum absolute atomic E-state index is 0.126. The molecule has 0 aliphatic rings. The third-order valence-electron chi connectivity index (χ3n) is 3.18. The molecular weight excluding hydrogens is 240 g/mol. The van der Waals surface area contributed by atoms with Crippen LogP contribution in [-0.2, 0) is 11.2 Å². The SMILES string of the molecule is CC(C)C(O)CNC(=O)C(N)CCc1ccccc1. The summed E-state index contributed by atoms with van der Waals surface area (Å²) in [5, 5.41) is 12.3. The lowest BCUT2D eigenvalue weighted by molar-refractivity contribution is -0.123. The van der Waals surface area contributed by atoms with Gasteiger partial charge in [-0.25, -0.2) is 0 Å². The number of hydrogen-bond donors (Lipinski definition) is 3. The number of nitrogens with two attached hydrogens (primary N) is 1. The van der Waals surface area contributed by atoms with Crippen molar-refractivity contribution < 1.29 is 9.90 Å². The van der Waals surface area contributed by atoms with Gasteiger partial charge in [0.2, 0.25) is 5.91 Å². The molecule has 0 aliphatic heterocycles. The largest absolute Gasteiger partial charge is 0.391 e. The second-order valence-electron chi connectivity index (χ2n) is 5.19. The number of carbonyl (C=O) groups excluding carboxylic acids is 1. The van der Waals surface area contributed by atoms with Gasteiger partial charge in [-0.2, -0.15) is 0 Å². The number of nitrogens with one attached hydrogen (secondary N) is 1. The molecule has 0 fully saturated rings. The van der Waals surface area contributed by atoms with Crippen molar-refractivity contribution in [2.24, 2.45) is 11.7 Å². The zero-order chi connectivity index (χ0) is 14.3. The molecule has 19 heavy (non-hydrogen) atoms. The molecule has 0 aromatic heterocycles. The van der Waals surface area contributed by atoms with Crippen LogP contribution in [0.5, 0.6) is 0 Å². The van der Waals surface area contributed by atoms with Crippen LogP contribution in [0.1, 0.15) is 25.8 Å². The summed E-state index contributed by atoms with van der Waals surface area (Å²) in [5.74, 6) is -0.0727. The molecular formula is C15H24N2O2. The van der Waals surface area contributed by atoms with Crippen LogP contribution in [0, 0.1) is 5.92 Å². The van der Waals surface area contributed by atoms with E-state index in [9.17, 15) is 9.90 Å². The zero-order valence-corrected chi connectivity index (χ0v) is 11.7. The molecule has 4 N–H and O–H groups in total. The Bertz CT molecular complexity index is 379. The minimum Gasteiger partial charge on any atom is -0.391 e. The topological polar surface area (TPSA) is 75.3 Å². The van der Waals surface area contributed by atoms with E-state index >= 15 is 0 Å². The van der Waals surface area contributed by atoms with Crippen molar-refractivity contribution in [3.63, 3.8) is 0 Å². The summed E-state index contributed by atoms with van der Waals surface area (Å²) in [4.78, 5) is 11.7. The second-order valence-corrected chi connectivity index (χ2v) is 5.19. The van der Waals surface area contributed by atoms with Crippen LogP contribution in [0.3, 0.4) is 0 Å². The Kier molecular flexibility index (Phi) is 6.53. The fourth-order valence-corrected chi connectivity index (χ4v) is 1.67. The predicted octanol–water partition coefficient (Wildman–Crippen LogP) is 1.08. The maximum atomic E-state index is 11.7. The van der Waals surface area contributed by atoms with Crippen molar-refractivity contribution in [1.29, 1.82) is 0 Å². The summed E-state index contributed by atoms with van der Waals surface area (Å²) in [7, 11) is 0. The lowest BCUT2D eigenvalue weighted by atomic mass is 10.0.